The summed E-state index contributed by atoms with van der Waals surface area (Å²) in [5.41, 5.74) is 4.12. The number of nitrogens with one attached hydrogen (secondary N) is 1. The Kier molecular flexibility index (Phi) is 5.42. The Morgan fingerprint density at radius 3 is 2.76 bits per heavy atom. The smallest absolute Gasteiger partial charge is 0.412 e. The third kappa shape index (κ3) is 4.21. The van der Waals surface area contributed by atoms with Gasteiger partial charge in [-0.05, 0) is 43.5 Å². The molecule has 6 nitrogen and oxygen atoms in total. The molecule has 0 fully saturated rings. The normalized spacial score (nSPS) is 18.0. The summed E-state index contributed by atoms with van der Waals surface area (Å²) in [6.07, 6.45) is 7.16. The fraction of sp³-hybridized carbons (Fsp3) is 0.261. The number of nitrogens with zero attached hydrogens (tertiary/aromatic N) is 2. The predicted octanol–water partition coefficient (Wildman–Crippen LogP) is 4.49. The summed E-state index contributed by atoms with van der Waals surface area (Å²) >= 11 is 0. The minimum Gasteiger partial charge on any atom is -0.447 e. The molecule has 4 rings (SSSR count). The number of fused-ring (bicyclic) bond motifs is 1. The number of rotatable bonds is 5. The van der Waals surface area contributed by atoms with Crippen molar-refractivity contribution in [1.82, 2.24) is 9.88 Å². The topological polar surface area (TPSA) is 71.5 Å². The van der Waals surface area contributed by atoms with Crippen LogP contribution in [0.4, 0.5) is 10.6 Å². The first-order chi connectivity index (χ1) is 14.1. The Bertz CT molecular complexity index is 982. The lowest BCUT2D eigenvalue weighted by Crippen LogP contribution is -2.33. The maximum Gasteiger partial charge on any atom is 0.412 e. The van der Waals surface area contributed by atoms with Crippen LogP contribution < -0.4 is 5.32 Å². The SMILES string of the molecule is CC1=CC=C(CN2C(=O)c3ccccc3C2COC(=O)Nc2ccccn2)CC1. The first kappa shape index (κ1) is 18.9. The van der Waals surface area contributed by atoms with E-state index in [1.165, 1.54) is 11.1 Å². The van der Waals surface area contributed by atoms with E-state index >= 15 is 0 Å². The zero-order valence-electron chi connectivity index (χ0n) is 16.3. The third-order valence-corrected chi connectivity index (χ3v) is 5.27. The van der Waals surface area contributed by atoms with Crippen LogP contribution >= 0.6 is 0 Å². The summed E-state index contributed by atoms with van der Waals surface area (Å²) in [6, 6.07) is 12.5. The van der Waals surface area contributed by atoms with Crippen molar-refractivity contribution in [3.05, 3.63) is 83.1 Å². The molecule has 2 aliphatic rings. The second-order valence-corrected chi connectivity index (χ2v) is 7.31. The summed E-state index contributed by atoms with van der Waals surface area (Å²) in [7, 11) is 0. The molecule has 2 aromatic rings. The van der Waals surface area contributed by atoms with E-state index in [9.17, 15) is 9.59 Å². The van der Waals surface area contributed by atoms with Crippen molar-refractivity contribution in [3.63, 3.8) is 0 Å². The van der Waals surface area contributed by atoms with Crippen LogP contribution in [0.2, 0.25) is 0 Å². The minimum atomic E-state index is -0.587. The van der Waals surface area contributed by atoms with Gasteiger partial charge in [-0.3, -0.25) is 10.1 Å². The summed E-state index contributed by atoms with van der Waals surface area (Å²) in [5, 5.41) is 2.61. The number of allylic oxidation sites excluding steroid dienone is 3. The Morgan fingerprint density at radius 2 is 2.00 bits per heavy atom. The van der Waals surface area contributed by atoms with Crippen LogP contribution in [-0.4, -0.2) is 35.0 Å². The van der Waals surface area contributed by atoms with Gasteiger partial charge in [0.2, 0.25) is 0 Å². The number of anilines is 1. The monoisotopic (exact) mass is 389 g/mol. The molecule has 2 amide bonds. The molecule has 148 valence electrons. The summed E-state index contributed by atoms with van der Waals surface area (Å²) in [6.45, 7) is 2.73. The van der Waals surface area contributed by atoms with E-state index in [2.05, 4.69) is 29.4 Å². The highest BCUT2D eigenvalue weighted by atomic mass is 16.5. The van der Waals surface area contributed by atoms with Gasteiger partial charge in [0.25, 0.3) is 5.91 Å². The predicted molar refractivity (Wildman–Crippen MR) is 111 cm³/mol. The van der Waals surface area contributed by atoms with Crippen LogP contribution in [0.3, 0.4) is 0 Å². The van der Waals surface area contributed by atoms with Gasteiger partial charge in [-0.15, -0.1) is 0 Å². The molecule has 29 heavy (non-hydrogen) atoms. The van der Waals surface area contributed by atoms with Gasteiger partial charge in [0.05, 0.1) is 6.04 Å². The Labute approximate surface area is 169 Å². The molecule has 1 aliphatic heterocycles. The van der Waals surface area contributed by atoms with Crippen molar-refractivity contribution >= 4 is 17.8 Å². The molecule has 1 atom stereocenters. The Balaban J connectivity index is 1.48. The molecule has 2 heterocycles. The van der Waals surface area contributed by atoms with Crippen molar-refractivity contribution in [2.75, 3.05) is 18.5 Å². The molecule has 0 saturated heterocycles. The molecule has 6 heteroatoms. The molecular formula is C23H23N3O3. The van der Waals surface area contributed by atoms with Crippen molar-refractivity contribution in [1.29, 1.82) is 0 Å². The number of amides is 2. The van der Waals surface area contributed by atoms with Crippen molar-refractivity contribution in [2.24, 2.45) is 0 Å². The summed E-state index contributed by atoms with van der Waals surface area (Å²) in [4.78, 5) is 31.1. The third-order valence-electron chi connectivity index (χ3n) is 5.27. The number of carbonyl (C=O) groups is 2. The maximum absolute atomic E-state index is 13.0. The number of aromatic nitrogens is 1. The van der Waals surface area contributed by atoms with Crippen molar-refractivity contribution < 1.29 is 14.3 Å². The molecule has 1 unspecified atom stereocenters. The van der Waals surface area contributed by atoms with E-state index in [0.717, 1.165) is 18.4 Å². The van der Waals surface area contributed by atoms with E-state index in [4.69, 9.17) is 4.74 Å². The minimum absolute atomic E-state index is 0.0218. The maximum atomic E-state index is 13.0. The highest BCUT2D eigenvalue weighted by Gasteiger charge is 2.37. The standard InChI is InChI=1S/C23H23N3O3/c1-16-9-11-17(12-10-16)14-26-20(18-6-2-3-7-19(18)22(26)27)15-29-23(28)25-21-8-4-5-13-24-21/h2-9,11,13,20H,10,12,14-15H2,1H3,(H,24,25,28). The second kappa shape index (κ2) is 8.31. The zero-order valence-corrected chi connectivity index (χ0v) is 16.3. The van der Waals surface area contributed by atoms with E-state index in [-0.39, 0.29) is 18.6 Å². The quantitative estimate of drug-likeness (QED) is 0.818. The Morgan fingerprint density at radius 1 is 1.17 bits per heavy atom. The molecule has 1 aromatic heterocycles. The van der Waals surface area contributed by atoms with Crippen LogP contribution in [-0.2, 0) is 4.74 Å². The van der Waals surface area contributed by atoms with Gasteiger partial charge in [-0.2, -0.15) is 0 Å². The lowest BCUT2D eigenvalue weighted by Gasteiger charge is -2.27. The number of benzene rings is 1. The lowest BCUT2D eigenvalue weighted by atomic mass is 9.99. The number of hydrogen-bond donors (Lipinski definition) is 1. The first-order valence-electron chi connectivity index (χ1n) is 9.72. The zero-order chi connectivity index (χ0) is 20.2. The van der Waals surface area contributed by atoms with Crippen molar-refractivity contribution in [3.8, 4) is 0 Å². The number of carbonyl (C=O) groups excluding carboxylic acids is 2. The molecule has 1 aromatic carbocycles. The van der Waals surface area contributed by atoms with E-state index < -0.39 is 6.09 Å². The van der Waals surface area contributed by atoms with Crippen LogP contribution in [0.1, 0.15) is 41.7 Å². The van der Waals surface area contributed by atoms with E-state index in [0.29, 0.717) is 17.9 Å². The summed E-state index contributed by atoms with van der Waals surface area (Å²) in [5.74, 6) is 0.401. The Hall–Kier alpha value is -3.41. The lowest BCUT2D eigenvalue weighted by molar-refractivity contribution is 0.0646. The van der Waals surface area contributed by atoms with E-state index in [1.807, 2.05) is 24.3 Å². The van der Waals surface area contributed by atoms with Gasteiger partial charge in [0.15, 0.2) is 0 Å². The van der Waals surface area contributed by atoms with E-state index in [1.54, 1.807) is 29.3 Å². The van der Waals surface area contributed by atoms with Gasteiger partial charge in [0, 0.05) is 18.3 Å². The summed E-state index contributed by atoms with van der Waals surface area (Å²) < 4.78 is 5.46. The average Bonchev–Trinajstić information content (AvgIpc) is 3.00. The number of hydrogen-bond acceptors (Lipinski definition) is 4. The van der Waals surface area contributed by atoms with Gasteiger partial charge in [-0.1, -0.05) is 47.6 Å². The van der Waals surface area contributed by atoms with Gasteiger partial charge >= 0.3 is 6.09 Å². The van der Waals surface area contributed by atoms with Crippen LogP contribution in [0.25, 0.3) is 0 Å². The van der Waals surface area contributed by atoms with Crippen LogP contribution in [0.15, 0.2) is 72.0 Å². The first-order valence-corrected chi connectivity index (χ1v) is 9.72. The second-order valence-electron chi connectivity index (χ2n) is 7.31. The number of ether oxygens (including phenoxy) is 1. The fourth-order valence-electron chi connectivity index (χ4n) is 3.68. The molecule has 0 spiro atoms. The van der Waals surface area contributed by atoms with Crippen LogP contribution in [0.5, 0.6) is 0 Å². The van der Waals surface area contributed by atoms with Crippen molar-refractivity contribution in [2.45, 2.75) is 25.8 Å². The number of pyridine rings is 1. The molecule has 1 aliphatic carbocycles. The molecule has 0 radical (unpaired) electrons. The highest BCUT2D eigenvalue weighted by molar-refractivity contribution is 5.99. The van der Waals surface area contributed by atoms with Crippen LogP contribution in [0, 0.1) is 0 Å². The van der Waals surface area contributed by atoms with Gasteiger partial charge in [0.1, 0.15) is 12.4 Å². The largest absolute Gasteiger partial charge is 0.447 e. The van der Waals surface area contributed by atoms with Gasteiger partial charge in [-0.25, -0.2) is 9.78 Å². The average molecular weight is 389 g/mol. The molecule has 1 N–H and O–H groups in total. The molecular weight excluding hydrogens is 366 g/mol. The molecule has 0 saturated carbocycles. The fourth-order valence-corrected chi connectivity index (χ4v) is 3.68. The molecule has 0 bridgehead atoms. The van der Waals surface area contributed by atoms with Gasteiger partial charge < -0.3 is 9.64 Å². The highest BCUT2D eigenvalue weighted by Crippen LogP contribution is 2.35.